The van der Waals surface area contributed by atoms with Crippen LogP contribution in [0.5, 0.6) is 11.5 Å². The Morgan fingerprint density at radius 1 is 1.09 bits per heavy atom. The van der Waals surface area contributed by atoms with E-state index >= 15 is 0 Å². The number of carbonyl (C=O) groups is 3. The number of amides is 2. The van der Waals surface area contributed by atoms with Gasteiger partial charge < -0.3 is 25.2 Å². The minimum absolute atomic E-state index is 0.0749. The molecule has 1 atom stereocenters. The molecule has 0 aliphatic heterocycles. The summed E-state index contributed by atoms with van der Waals surface area (Å²) in [5.41, 5.74) is -0.677. The molecule has 0 radical (unpaired) electrons. The number of hydrogen-bond acceptors (Lipinski definition) is 7. The molecular formula is C21H21N3O8. The second kappa shape index (κ2) is 10.6. The molecule has 3 N–H and O–H groups in total. The maximum Gasteiger partial charge on any atom is 0.325 e. The summed E-state index contributed by atoms with van der Waals surface area (Å²) in [6.45, 7) is 1.23. The fourth-order valence-electron chi connectivity index (χ4n) is 2.59. The Morgan fingerprint density at radius 2 is 1.69 bits per heavy atom. The number of carboxylic acids is 1. The van der Waals surface area contributed by atoms with Gasteiger partial charge in [-0.05, 0) is 31.2 Å². The van der Waals surface area contributed by atoms with Gasteiger partial charge in [-0.3, -0.25) is 24.5 Å². The lowest BCUT2D eigenvalue weighted by Crippen LogP contribution is -2.42. The molecule has 2 aromatic carbocycles. The number of carbonyl (C=O) groups excluding carboxylic acids is 2. The normalized spacial score (nSPS) is 11.8. The zero-order chi connectivity index (χ0) is 23.8. The largest absolute Gasteiger partial charge is 0.493 e. The van der Waals surface area contributed by atoms with Crippen molar-refractivity contribution < 1.29 is 33.9 Å². The molecule has 168 valence electrons. The minimum atomic E-state index is -1.30. The zero-order valence-electron chi connectivity index (χ0n) is 17.4. The molecule has 11 heteroatoms. The molecule has 0 bridgehead atoms. The molecule has 0 aromatic heterocycles. The van der Waals surface area contributed by atoms with Crippen LogP contribution in [0.15, 0.2) is 48.2 Å². The maximum atomic E-state index is 12.7. The van der Waals surface area contributed by atoms with Crippen LogP contribution >= 0.6 is 0 Å². The van der Waals surface area contributed by atoms with Crippen LogP contribution in [0.3, 0.4) is 0 Å². The van der Waals surface area contributed by atoms with Crippen LogP contribution in [0, 0.1) is 10.1 Å². The van der Waals surface area contributed by atoms with Gasteiger partial charge in [-0.25, -0.2) is 0 Å². The Labute approximate surface area is 182 Å². The first-order valence-electron chi connectivity index (χ1n) is 9.20. The zero-order valence-corrected chi connectivity index (χ0v) is 17.4. The first kappa shape index (κ1) is 23.9. The van der Waals surface area contributed by atoms with Crippen molar-refractivity contribution in [1.29, 1.82) is 0 Å². The van der Waals surface area contributed by atoms with Crippen molar-refractivity contribution >= 4 is 29.5 Å². The maximum absolute atomic E-state index is 12.7. The van der Waals surface area contributed by atoms with Crippen molar-refractivity contribution in [3.8, 4) is 11.5 Å². The Kier molecular flexibility index (Phi) is 7.88. The minimum Gasteiger partial charge on any atom is -0.493 e. The van der Waals surface area contributed by atoms with Crippen LogP contribution in [-0.4, -0.2) is 48.1 Å². The van der Waals surface area contributed by atoms with E-state index in [4.69, 9.17) is 14.6 Å². The van der Waals surface area contributed by atoms with E-state index in [1.54, 1.807) is 18.2 Å². The molecule has 0 fully saturated rings. The van der Waals surface area contributed by atoms with Gasteiger partial charge in [0.15, 0.2) is 11.5 Å². The third-order valence-corrected chi connectivity index (χ3v) is 4.28. The summed E-state index contributed by atoms with van der Waals surface area (Å²) in [7, 11) is 2.64. The lowest BCUT2D eigenvalue weighted by Gasteiger charge is -2.14. The third kappa shape index (κ3) is 5.81. The standard InChI is InChI=1S/C21H21N3O8/c1-12(21(27)28)22-20(26)15(23-19(25)13-7-5-4-6-8-13)9-14-10-17(31-2)18(32-3)11-16(14)24(29)30/h4-12H,1-3H3,(H,22,26)(H,23,25)(H,27,28)/b15-9+/t12-/m0/s1. The highest BCUT2D eigenvalue weighted by molar-refractivity contribution is 6.06. The summed E-state index contributed by atoms with van der Waals surface area (Å²) in [6, 6.07) is 9.03. The number of nitro benzene ring substituents is 1. The van der Waals surface area contributed by atoms with Crippen molar-refractivity contribution in [2.45, 2.75) is 13.0 Å². The van der Waals surface area contributed by atoms with Crippen molar-refractivity contribution in [3.05, 3.63) is 69.4 Å². The van der Waals surface area contributed by atoms with E-state index < -0.39 is 40.1 Å². The number of nitro groups is 1. The monoisotopic (exact) mass is 443 g/mol. The molecule has 0 saturated heterocycles. The molecule has 32 heavy (non-hydrogen) atoms. The molecule has 2 rings (SSSR count). The van der Waals surface area contributed by atoms with E-state index in [0.29, 0.717) is 0 Å². The topological polar surface area (TPSA) is 157 Å². The number of methoxy groups -OCH3 is 2. The molecule has 0 heterocycles. The lowest BCUT2D eigenvalue weighted by atomic mass is 10.1. The van der Waals surface area contributed by atoms with Crippen LogP contribution in [0.4, 0.5) is 5.69 Å². The Morgan fingerprint density at radius 3 is 2.22 bits per heavy atom. The number of nitrogens with one attached hydrogen (secondary N) is 2. The van der Waals surface area contributed by atoms with Crippen molar-refractivity contribution in [2.75, 3.05) is 14.2 Å². The average molecular weight is 443 g/mol. The summed E-state index contributed by atoms with van der Waals surface area (Å²) >= 11 is 0. The third-order valence-electron chi connectivity index (χ3n) is 4.28. The fourth-order valence-corrected chi connectivity index (χ4v) is 2.59. The van der Waals surface area contributed by atoms with Crippen molar-refractivity contribution in [1.82, 2.24) is 10.6 Å². The van der Waals surface area contributed by atoms with Gasteiger partial charge in [-0.2, -0.15) is 0 Å². The number of nitrogens with zero attached hydrogens (tertiary/aromatic N) is 1. The molecule has 0 unspecified atom stereocenters. The molecular weight excluding hydrogens is 422 g/mol. The Bertz CT molecular complexity index is 1070. The number of benzene rings is 2. The molecule has 0 aliphatic rings. The summed E-state index contributed by atoms with van der Waals surface area (Å²) in [5.74, 6) is -2.68. The van der Waals surface area contributed by atoms with E-state index in [2.05, 4.69) is 10.6 Å². The highest BCUT2D eigenvalue weighted by Crippen LogP contribution is 2.35. The van der Waals surface area contributed by atoms with Gasteiger partial charge in [0.2, 0.25) is 0 Å². The Hall–Kier alpha value is -4.41. The van der Waals surface area contributed by atoms with Gasteiger partial charge in [-0.1, -0.05) is 18.2 Å². The van der Waals surface area contributed by atoms with Crippen LogP contribution in [0.1, 0.15) is 22.8 Å². The van der Waals surface area contributed by atoms with Crippen molar-refractivity contribution in [2.24, 2.45) is 0 Å². The highest BCUT2D eigenvalue weighted by Gasteiger charge is 2.23. The van der Waals surface area contributed by atoms with Crippen LogP contribution in [0.2, 0.25) is 0 Å². The van der Waals surface area contributed by atoms with Crippen LogP contribution < -0.4 is 20.1 Å². The second-order valence-corrected chi connectivity index (χ2v) is 6.43. The fraction of sp³-hybridized carbons (Fsp3) is 0.190. The predicted molar refractivity (Wildman–Crippen MR) is 113 cm³/mol. The van der Waals surface area contributed by atoms with Crippen LogP contribution in [0.25, 0.3) is 6.08 Å². The molecule has 0 saturated carbocycles. The first-order chi connectivity index (χ1) is 15.2. The summed E-state index contributed by atoms with van der Waals surface area (Å²) in [5, 5.41) is 25.2. The van der Waals surface area contributed by atoms with E-state index in [0.717, 1.165) is 12.1 Å². The Balaban J connectivity index is 2.57. The van der Waals surface area contributed by atoms with Crippen molar-refractivity contribution in [3.63, 3.8) is 0 Å². The summed E-state index contributed by atoms with van der Waals surface area (Å²) in [6.07, 6.45) is 1.06. The predicted octanol–water partition coefficient (Wildman–Crippen LogP) is 1.97. The van der Waals surface area contributed by atoms with E-state index in [1.807, 2.05) is 0 Å². The number of hydrogen-bond donors (Lipinski definition) is 3. The van der Waals surface area contributed by atoms with E-state index in [9.17, 15) is 24.5 Å². The van der Waals surface area contributed by atoms with Gasteiger partial charge in [-0.15, -0.1) is 0 Å². The molecule has 2 aromatic rings. The van der Waals surface area contributed by atoms with E-state index in [1.165, 1.54) is 39.3 Å². The number of ether oxygens (including phenoxy) is 2. The molecule has 11 nitrogen and oxygen atoms in total. The SMILES string of the molecule is COc1cc(/C=C(/NC(=O)c2ccccc2)C(=O)N[C@@H](C)C(=O)O)c([N+](=O)[O-])cc1OC. The van der Waals surface area contributed by atoms with Gasteiger partial charge in [0.25, 0.3) is 17.5 Å². The van der Waals surface area contributed by atoms with Gasteiger partial charge in [0.05, 0.1) is 30.8 Å². The average Bonchev–Trinajstić information content (AvgIpc) is 2.78. The van der Waals surface area contributed by atoms with Gasteiger partial charge >= 0.3 is 5.97 Å². The molecule has 0 aliphatic carbocycles. The number of rotatable bonds is 9. The summed E-state index contributed by atoms with van der Waals surface area (Å²) in [4.78, 5) is 47.3. The molecule has 0 spiro atoms. The van der Waals surface area contributed by atoms with Crippen LogP contribution in [-0.2, 0) is 9.59 Å². The van der Waals surface area contributed by atoms with Gasteiger partial charge in [0, 0.05) is 5.56 Å². The quantitative estimate of drug-likeness (QED) is 0.302. The van der Waals surface area contributed by atoms with Gasteiger partial charge in [0.1, 0.15) is 11.7 Å². The smallest absolute Gasteiger partial charge is 0.325 e. The number of aliphatic carboxylic acids is 1. The molecule has 2 amide bonds. The second-order valence-electron chi connectivity index (χ2n) is 6.43. The summed E-state index contributed by atoms with van der Waals surface area (Å²) < 4.78 is 10.2. The highest BCUT2D eigenvalue weighted by atomic mass is 16.6. The first-order valence-corrected chi connectivity index (χ1v) is 9.20. The van der Waals surface area contributed by atoms with E-state index in [-0.39, 0.29) is 22.6 Å². The number of carboxylic acid groups (broad SMARTS) is 1. The lowest BCUT2D eigenvalue weighted by molar-refractivity contribution is -0.385.